The van der Waals surface area contributed by atoms with Gasteiger partial charge in [0.05, 0.1) is 18.0 Å². The first-order chi connectivity index (χ1) is 16.5. The van der Waals surface area contributed by atoms with Crippen molar-refractivity contribution in [3.05, 3.63) is 101 Å². The highest BCUT2D eigenvalue weighted by atomic mass is 16.5. The Morgan fingerprint density at radius 3 is 2.35 bits per heavy atom. The molecule has 1 unspecified atom stereocenters. The van der Waals surface area contributed by atoms with Crippen LogP contribution in [0.4, 0.5) is 5.69 Å². The molecular formula is C27H25N3O4. The number of para-hydroxylation sites is 3. The molecule has 1 atom stereocenters. The maximum atomic E-state index is 13.1. The summed E-state index contributed by atoms with van der Waals surface area (Å²) in [4.78, 5) is 25.6. The Kier molecular flexibility index (Phi) is 7.03. The first-order valence-corrected chi connectivity index (χ1v) is 11.0. The van der Waals surface area contributed by atoms with Crippen LogP contribution in [0.2, 0.25) is 0 Å². The van der Waals surface area contributed by atoms with Crippen LogP contribution in [0.15, 0.2) is 95.8 Å². The van der Waals surface area contributed by atoms with Crippen LogP contribution in [-0.2, 0) is 4.79 Å². The molecule has 0 aliphatic rings. The molecule has 1 heterocycles. The summed E-state index contributed by atoms with van der Waals surface area (Å²) in [7, 11) is 0. The third kappa shape index (κ3) is 5.32. The van der Waals surface area contributed by atoms with E-state index in [-0.39, 0.29) is 11.5 Å². The summed E-state index contributed by atoms with van der Waals surface area (Å²) in [5.74, 6) is 1.52. The van der Waals surface area contributed by atoms with Gasteiger partial charge in [-0.05, 0) is 68.4 Å². The minimum absolute atomic E-state index is 0.369. The normalized spacial score (nSPS) is 11.5. The first kappa shape index (κ1) is 22.8. The largest absolute Gasteiger partial charge is 0.494 e. The number of benzene rings is 3. The first-order valence-electron chi connectivity index (χ1n) is 11.0. The van der Waals surface area contributed by atoms with Crippen molar-refractivity contribution in [2.75, 3.05) is 11.9 Å². The fourth-order valence-electron chi connectivity index (χ4n) is 3.37. The number of anilines is 1. The Balaban J connectivity index is 1.54. The van der Waals surface area contributed by atoms with Gasteiger partial charge in [-0.3, -0.25) is 9.59 Å². The van der Waals surface area contributed by atoms with E-state index in [2.05, 4.69) is 10.4 Å². The molecule has 0 bridgehead atoms. The van der Waals surface area contributed by atoms with Gasteiger partial charge in [0, 0.05) is 11.6 Å². The number of carbonyl (C=O) groups is 1. The number of amides is 1. The van der Waals surface area contributed by atoms with E-state index >= 15 is 0 Å². The fourth-order valence-corrected chi connectivity index (χ4v) is 3.37. The van der Waals surface area contributed by atoms with Gasteiger partial charge in [0.25, 0.3) is 5.56 Å². The Bertz CT molecular complexity index is 1320. The van der Waals surface area contributed by atoms with Gasteiger partial charge in [-0.1, -0.05) is 30.3 Å². The lowest BCUT2D eigenvalue weighted by Gasteiger charge is -2.17. The standard InChI is InChI=1S/C27H25N3O4/c1-3-33-21-15-13-20(14-16-21)23-17-18-26(31)30(29-23)19(2)27(32)28-24-11-7-8-12-25(24)34-22-9-5-4-6-10-22/h4-19H,3H2,1-2H3,(H,28,32). The molecule has 1 N–H and O–H groups in total. The van der Waals surface area contributed by atoms with Crippen molar-refractivity contribution in [2.24, 2.45) is 0 Å². The zero-order valence-electron chi connectivity index (χ0n) is 19.0. The molecule has 4 aromatic rings. The Morgan fingerprint density at radius 2 is 1.62 bits per heavy atom. The third-order valence-corrected chi connectivity index (χ3v) is 5.15. The lowest BCUT2D eigenvalue weighted by molar-refractivity contribution is -0.119. The van der Waals surface area contributed by atoms with Crippen molar-refractivity contribution in [1.82, 2.24) is 9.78 Å². The van der Waals surface area contributed by atoms with Crippen LogP contribution in [0.1, 0.15) is 19.9 Å². The molecule has 172 valence electrons. The van der Waals surface area contributed by atoms with Crippen molar-refractivity contribution in [3.8, 4) is 28.5 Å². The Morgan fingerprint density at radius 1 is 0.912 bits per heavy atom. The van der Waals surface area contributed by atoms with Gasteiger partial charge in [-0.15, -0.1) is 0 Å². The third-order valence-electron chi connectivity index (χ3n) is 5.15. The van der Waals surface area contributed by atoms with E-state index < -0.39 is 6.04 Å². The number of nitrogens with zero attached hydrogens (tertiary/aromatic N) is 2. The SMILES string of the molecule is CCOc1ccc(-c2ccc(=O)n(C(C)C(=O)Nc3ccccc3Oc3ccccc3)n2)cc1. The topological polar surface area (TPSA) is 82.5 Å². The molecule has 7 nitrogen and oxygen atoms in total. The molecule has 0 saturated heterocycles. The van der Waals surface area contributed by atoms with Crippen molar-refractivity contribution >= 4 is 11.6 Å². The van der Waals surface area contributed by atoms with Gasteiger partial charge in [0.1, 0.15) is 17.5 Å². The minimum atomic E-state index is -0.847. The maximum absolute atomic E-state index is 13.1. The Hall–Kier alpha value is -4.39. The summed E-state index contributed by atoms with van der Waals surface area (Å²) in [6.07, 6.45) is 0. The molecule has 0 fully saturated rings. The molecule has 0 radical (unpaired) electrons. The Labute approximate surface area is 197 Å². The van der Waals surface area contributed by atoms with E-state index in [0.717, 1.165) is 11.3 Å². The highest BCUT2D eigenvalue weighted by molar-refractivity contribution is 5.94. The summed E-state index contributed by atoms with van der Waals surface area (Å²) in [5, 5.41) is 7.30. The van der Waals surface area contributed by atoms with Gasteiger partial charge in [0.15, 0.2) is 5.75 Å². The van der Waals surface area contributed by atoms with Crippen LogP contribution >= 0.6 is 0 Å². The van der Waals surface area contributed by atoms with Crippen LogP contribution in [0.25, 0.3) is 11.3 Å². The molecule has 0 aliphatic carbocycles. The van der Waals surface area contributed by atoms with Gasteiger partial charge >= 0.3 is 0 Å². The average Bonchev–Trinajstić information content (AvgIpc) is 2.86. The second-order valence-electron chi connectivity index (χ2n) is 7.54. The van der Waals surface area contributed by atoms with E-state index in [4.69, 9.17) is 9.47 Å². The van der Waals surface area contributed by atoms with E-state index in [1.54, 1.807) is 31.2 Å². The minimum Gasteiger partial charge on any atom is -0.494 e. The highest BCUT2D eigenvalue weighted by Crippen LogP contribution is 2.29. The molecular weight excluding hydrogens is 430 g/mol. The number of ether oxygens (including phenoxy) is 2. The van der Waals surface area contributed by atoms with E-state index in [1.807, 2.05) is 67.6 Å². The number of aromatic nitrogens is 2. The number of carbonyl (C=O) groups excluding carboxylic acids is 1. The zero-order chi connectivity index (χ0) is 23.9. The average molecular weight is 456 g/mol. The summed E-state index contributed by atoms with van der Waals surface area (Å²) >= 11 is 0. The zero-order valence-corrected chi connectivity index (χ0v) is 19.0. The molecule has 0 saturated carbocycles. The predicted molar refractivity (Wildman–Crippen MR) is 131 cm³/mol. The quantitative estimate of drug-likeness (QED) is 0.390. The molecule has 0 aliphatic heterocycles. The predicted octanol–water partition coefficient (Wildman–Crippen LogP) is 5.30. The summed E-state index contributed by atoms with van der Waals surface area (Å²) in [6.45, 7) is 4.13. The number of hydrogen-bond donors (Lipinski definition) is 1. The smallest absolute Gasteiger partial charge is 0.267 e. The van der Waals surface area contributed by atoms with Crippen LogP contribution in [-0.4, -0.2) is 22.3 Å². The number of hydrogen-bond acceptors (Lipinski definition) is 5. The summed E-state index contributed by atoms with van der Waals surface area (Å²) in [5.41, 5.74) is 1.52. The van der Waals surface area contributed by atoms with E-state index in [9.17, 15) is 9.59 Å². The van der Waals surface area contributed by atoms with Gasteiger partial charge in [0.2, 0.25) is 5.91 Å². The van der Waals surface area contributed by atoms with Crippen LogP contribution in [0, 0.1) is 0 Å². The van der Waals surface area contributed by atoms with Gasteiger partial charge in [-0.2, -0.15) is 5.10 Å². The van der Waals surface area contributed by atoms with Gasteiger partial charge in [-0.25, -0.2) is 4.68 Å². The van der Waals surface area contributed by atoms with Crippen molar-refractivity contribution in [2.45, 2.75) is 19.9 Å². The fraction of sp³-hybridized carbons (Fsp3) is 0.148. The molecule has 0 spiro atoms. The monoisotopic (exact) mass is 455 g/mol. The second-order valence-corrected chi connectivity index (χ2v) is 7.54. The number of rotatable bonds is 8. The van der Waals surface area contributed by atoms with Crippen molar-refractivity contribution < 1.29 is 14.3 Å². The summed E-state index contributed by atoms with van der Waals surface area (Å²) in [6, 6.07) is 26.1. The van der Waals surface area contributed by atoms with Gasteiger partial charge < -0.3 is 14.8 Å². The van der Waals surface area contributed by atoms with Crippen molar-refractivity contribution in [3.63, 3.8) is 0 Å². The molecule has 4 rings (SSSR count). The van der Waals surface area contributed by atoms with Crippen LogP contribution < -0.4 is 20.3 Å². The molecule has 1 aromatic heterocycles. The maximum Gasteiger partial charge on any atom is 0.267 e. The number of nitrogens with one attached hydrogen (secondary N) is 1. The van der Waals surface area contributed by atoms with Crippen LogP contribution in [0.3, 0.4) is 0 Å². The lowest BCUT2D eigenvalue weighted by atomic mass is 10.1. The van der Waals surface area contributed by atoms with E-state index in [0.29, 0.717) is 29.5 Å². The van der Waals surface area contributed by atoms with Crippen LogP contribution in [0.5, 0.6) is 17.2 Å². The molecule has 34 heavy (non-hydrogen) atoms. The second kappa shape index (κ2) is 10.5. The molecule has 7 heteroatoms. The lowest BCUT2D eigenvalue weighted by Crippen LogP contribution is -2.33. The molecule has 3 aromatic carbocycles. The summed E-state index contributed by atoms with van der Waals surface area (Å²) < 4.78 is 12.6. The van der Waals surface area contributed by atoms with E-state index in [1.165, 1.54) is 10.7 Å². The highest BCUT2D eigenvalue weighted by Gasteiger charge is 2.20. The molecule has 1 amide bonds. The van der Waals surface area contributed by atoms with Crippen molar-refractivity contribution in [1.29, 1.82) is 0 Å².